The molecule has 0 aliphatic heterocycles. The van der Waals surface area contributed by atoms with Gasteiger partial charge in [0, 0.05) is 32.0 Å². The first-order valence-electron chi connectivity index (χ1n) is 10.1. The fourth-order valence-electron chi connectivity index (χ4n) is 3.20. The molecule has 0 fully saturated rings. The smallest absolute Gasteiger partial charge is 0.256 e. The van der Waals surface area contributed by atoms with E-state index in [4.69, 9.17) is 0 Å². The van der Waals surface area contributed by atoms with Crippen LogP contribution in [0.3, 0.4) is 0 Å². The molecule has 31 heavy (non-hydrogen) atoms. The van der Waals surface area contributed by atoms with Gasteiger partial charge >= 0.3 is 0 Å². The van der Waals surface area contributed by atoms with Crippen molar-refractivity contribution in [1.82, 2.24) is 15.2 Å². The SMILES string of the molecule is CCNC(=O)c1cn(Cc2ccccc2)cc(C(=O)NCCc2cccc(F)c2)c1=O. The van der Waals surface area contributed by atoms with Crippen molar-refractivity contribution >= 4 is 11.8 Å². The van der Waals surface area contributed by atoms with Gasteiger partial charge in [0.2, 0.25) is 5.43 Å². The summed E-state index contributed by atoms with van der Waals surface area (Å²) >= 11 is 0. The highest BCUT2D eigenvalue weighted by Crippen LogP contribution is 2.07. The summed E-state index contributed by atoms with van der Waals surface area (Å²) in [6.45, 7) is 2.74. The lowest BCUT2D eigenvalue weighted by atomic mass is 10.1. The molecule has 7 heteroatoms. The summed E-state index contributed by atoms with van der Waals surface area (Å²) in [5, 5.41) is 5.30. The van der Waals surface area contributed by atoms with Gasteiger partial charge in [-0.05, 0) is 36.6 Å². The molecule has 0 atom stereocenters. The maximum Gasteiger partial charge on any atom is 0.256 e. The molecule has 2 aromatic carbocycles. The van der Waals surface area contributed by atoms with Crippen LogP contribution in [0.1, 0.15) is 38.8 Å². The molecule has 0 aliphatic carbocycles. The van der Waals surface area contributed by atoms with Crippen LogP contribution in [0.4, 0.5) is 4.39 Å². The van der Waals surface area contributed by atoms with Crippen molar-refractivity contribution in [2.75, 3.05) is 13.1 Å². The van der Waals surface area contributed by atoms with Crippen molar-refractivity contribution in [1.29, 1.82) is 0 Å². The highest BCUT2D eigenvalue weighted by atomic mass is 19.1. The average molecular weight is 421 g/mol. The van der Waals surface area contributed by atoms with E-state index in [1.807, 2.05) is 30.3 Å². The molecule has 3 aromatic rings. The van der Waals surface area contributed by atoms with E-state index in [2.05, 4.69) is 10.6 Å². The van der Waals surface area contributed by atoms with E-state index in [-0.39, 0.29) is 23.5 Å². The van der Waals surface area contributed by atoms with E-state index in [9.17, 15) is 18.8 Å². The summed E-state index contributed by atoms with van der Waals surface area (Å²) in [6.07, 6.45) is 3.33. The summed E-state index contributed by atoms with van der Waals surface area (Å²) in [7, 11) is 0. The number of carbonyl (C=O) groups is 2. The number of halogens is 1. The van der Waals surface area contributed by atoms with Crippen LogP contribution in [0.2, 0.25) is 0 Å². The lowest BCUT2D eigenvalue weighted by Crippen LogP contribution is -2.36. The van der Waals surface area contributed by atoms with Crippen molar-refractivity contribution in [2.24, 2.45) is 0 Å². The van der Waals surface area contributed by atoms with Gasteiger partial charge in [0.25, 0.3) is 11.8 Å². The van der Waals surface area contributed by atoms with Gasteiger partial charge in [-0.15, -0.1) is 0 Å². The van der Waals surface area contributed by atoms with Crippen LogP contribution in [0.15, 0.2) is 71.8 Å². The van der Waals surface area contributed by atoms with Gasteiger partial charge in [0.15, 0.2) is 0 Å². The third kappa shape index (κ3) is 5.88. The number of nitrogens with one attached hydrogen (secondary N) is 2. The summed E-state index contributed by atoms with van der Waals surface area (Å²) < 4.78 is 15.0. The molecule has 0 spiro atoms. The number of carbonyl (C=O) groups excluding carboxylic acids is 2. The Balaban J connectivity index is 1.83. The van der Waals surface area contributed by atoms with E-state index in [1.165, 1.54) is 24.5 Å². The molecule has 0 bridgehead atoms. The molecule has 1 heterocycles. The molecule has 0 saturated carbocycles. The molecule has 6 nitrogen and oxygen atoms in total. The largest absolute Gasteiger partial charge is 0.352 e. The van der Waals surface area contributed by atoms with Crippen molar-refractivity contribution in [2.45, 2.75) is 19.9 Å². The predicted molar refractivity (Wildman–Crippen MR) is 117 cm³/mol. The fourth-order valence-corrected chi connectivity index (χ4v) is 3.20. The van der Waals surface area contributed by atoms with Crippen molar-refractivity contribution < 1.29 is 14.0 Å². The summed E-state index contributed by atoms with van der Waals surface area (Å²) in [6, 6.07) is 15.6. The highest BCUT2D eigenvalue weighted by Gasteiger charge is 2.19. The van der Waals surface area contributed by atoms with Crippen LogP contribution >= 0.6 is 0 Å². The molecule has 0 saturated heterocycles. The normalized spacial score (nSPS) is 10.5. The molecular weight excluding hydrogens is 397 g/mol. The van der Waals surface area contributed by atoms with Crippen molar-refractivity contribution in [3.05, 3.63) is 105 Å². The Hall–Kier alpha value is -3.74. The van der Waals surface area contributed by atoms with Crippen LogP contribution in [0.25, 0.3) is 0 Å². The lowest BCUT2D eigenvalue weighted by Gasteiger charge is -2.13. The van der Waals surface area contributed by atoms with Gasteiger partial charge in [-0.3, -0.25) is 14.4 Å². The van der Waals surface area contributed by atoms with Crippen LogP contribution in [0.5, 0.6) is 0 Å². The van der Waals surface area contributed by atoms with Gasteiger partial charge in [0.1, 0.15) is 16.9 Å². The Bertz CT molecular complexity index is 1130. The van der Waals surface area contributed by atoms with Gasteiger partial charge in [0.05, 0.1) is 0 Å². The molecule has 2 amide bonds. The third-order valence-electron chi connectivity index (χ3n) is 4.70. The van der Waals surface area contributed by atoms with E-state index in [0.29, 0.717) is 19.5 Å². The zero-order valence-electron chi connectivity index (χ0n) is 17.2. The fraction of sp³-hybridized carbons (Fsp3) is 0.208. The molecule has 2 N–H and O–H groups in total. The van der Waals surface area contributed by atoms with Gasteiger partial charge in [-0.25, -0.2) is 4.39 Å². The lowest BCUT2D eigenvalue weighted by molar-refractivity contribution is 0.0951. The van der Waals surface area contributed by atoms with Crippen LogP contribution < -0.4 is 16.1 Å². The second-order valence-corrected chi connectivity index (χ2v) is 7.07. The molecule has 0 aliphatic rings. The van der Waals surface area contributed by atoms with E-state index >= 15 is 0 Å². The number of pyridine rings is 1. The van der Waals surface area contributed by atoms with E-state index in [0.717, 1.165) is 11.1 Å². The summed E-state index contributed by atoms with van der Waals surface area (Å²) in [5.74, 6) is -1.44. The molecule has 0 radical (unpaired) electrons. The minimum absolute atomic E-state index is 0.0874. The number of rotatable bonds is 8. The summed E-state index contributed by atoms with van der Waals surface area (Å²) in [5.41, 5.74) is 0.872. The second-order valence-electron chi connectivity index (χ2n) is 7.07. The maximum absolute atomic E-state index is 13.3. The van der Waals surface area contributed by atoms with Crippen molar-refractivity contribution in [3.8, 4) is 0 Å². The first kappa shape index (κ1) is 22.0. The number of hydrogen-bond donors (Lipinski definition) is 2. The topological polar surface area (TPSA) is 80.2 Å². The van der Waals surface area contributed by atoms with Gasteiger partial charge in [-0.2, -0.15) is 0 Å². The number of amides is 2. The third-order valence-corrected chi connectivity index (χ3v) is 4.70. The van der Waals surface area contributed by atoms with Crippen LogP contribution in [0, 0.1) is 5.82 Å². The number of benzene rings is 2. The molecule has 160 valence electrons. The number of nitrogens with zero attached hydrogens (tertiary/aromatic N) is 1. The number of aromatic nitrogens is 1. The van der Waals surface area contributed by atoms with Gasteiger partial charge in [-0.1, -0.05) is 42.5 Å². The monoisotopic (exact) mass is 421 g/mol. The molecule has 1 aromatic heterocycles. The molecular formula is C24H24FN3O3. The standard InChI is InChI=1S/C24H24FN3O3/c1-2-26-23(30)20-15-28(14-18-7-4-3-5-8-18)16-21(22(20)29)24(31)27-12-11-17-9-6-10-19(25)13-17/h3-10,13,15-16H,2,11-12,14H2,1H3,(H,26,30)(H,27,31). The van der Waals surface area contributed by atoms with Crippen molar-refractivity contribution in [3.63, 3.8) is 0 Å². The summed E-state index contributed by atoms with van der Waals surface area (Å²) in [4.78, 5) is 37.9. The Morgan fingerprint density at radius 1 is 0.903 bits per heavy atom. The first-order valence-corrected chi connectivity index (χ1v) is 10.1. The van der Waals surface area contributed by atoms with Crippen LogP contribution in [-0.4, -0.2) is 29.5 Å². The Kier molecular flexibility index (Phi) is 7.32. The zero-order chi connectivity index (χ0) is 22.2. The zero-order valence-corrected chi connectivity index (χ0v) is 17.2. The van der Waals surface area contributed by atoms with Gasteiger partial charge < -0.3 is 15.2 Å². The Labute approximate surface area is 179 Å². The maximum atomic E-state index is 13.3. The number of hydrogen-bond acceptors (Lipinski definition) is 3. The Morgan fingerprint density at radius 3 is 2.19 bits per heavy atom. The van der Waals surface area contributed by atoms with Crippen LogP contribution in [-0.2, 0) is 13.0 Å². The average Bonchev–Trinajstić information content (AvgIpc) is 2.75. The van der Waals surface area contributed by atoms with E-state index < -0.39 is 17.2 Å². The first-order chi connectivity index (χ1) is 15.0. The second kappa shape index (κ2) is 10.3. The van der Waals surface area contributed by atoms with E-state index in [1.54, 1.807) is 23.6 Å². The minimum atomic E-state index is -0.626. The quantitative estimate of drug-likeness (QED) is 0.587. The predicted octanol–water partition coefficient (Wildman–Crippen LogP) is 2.76. The minimum Gasteiger partial charge on any atom is -0.352 e. The molecule has 0 unspecified atom stereocenters. The highest BCUT2D eigenvalue weighted by molar-refractivity contribution is 5.99. The Morgan fingerprint density at radius 2 is 1.55 bits per heavy atom. The molecule has 3 rings (SSSR count).